The van der Waals surface area contributed by atoms with Crippen LogP contribution in [-0.2, 0) is 0 Å². The van der Waals surface area contributed by atoms with E-state index in [1.54, 1.807) is 0 Å². The average Bonchev–Trinajstić information content (AvgIpc) is 3.31. The molecule has 2 heterocycles. The highest BCUT2D eigenvalue weighted by molar-refractivity contribution is 8.14. The van der Waals surface area contributed by atoms with E-state index in [4.69, 9.17) is 9.98 Å². The molecule has 0 fully saturated rings. The summed E-state index contributed by atoms with van der Waals surface area (Å²) in [6.45, 7) is 0. The van der Waals surface area contributed by atoms with E-state index in [0.29, 0.717) is 12.1 Å². The minimum absolute atomic E-state index is 0.335. The Kier molecular flexibility index (Phi) is 5.04. The molecular weight excluding hydrogens is 332 g/mol. The Labute approximate surface area is 151 Å². The van der Waals surface area contributed by atoms with Gasteiger partial charge in [-0.15, -0.1) is 23.5 Å². The maximum Gasteiger partial charge on any atom is 0.0852 e. The van der Waals surface area contributed by atoms with Gasteiger partial charge in [0.2, 0.25) is 0 Å². The predicted octanol–water partition coefficient (Wildman–Crippen LogP) is 5.54. The fourth-order valence-electron chi connectivity index (χ4n) is 3.03. The third kappa shape index (κ3) is 3.76. The zero-order valence-corrected chi connectivity index (χ0v) is 15.1. The summed E-state index contributed by atoms with van der Waals surface area (Å²) in [4.78, 5) is 9.82. The molecule has 0 aromatic heterocycles. The molecule has 2 aliphatic rings. The molecule has 2 atom stereocenters. The molecule has 0 N–H and O–H groups in total. The lowest BCUT2D eigenvalue weighted by Gasteiger charge is -2.04. The Morgan fingerprint density at radius 3 is 1.50 bits per heavy atom. The van der Waals surface area contributed by atoms with Crippen molar-refractivity contribution in [3.05, 3.63) is 71.8 Å². The van der Waals surface area contributed by atoms with Gasteiger partial charge < -0.3 is 0 Å². The molecule has 122 valence electrons. The van der Waals surface area contributed by atoms with Crippen LogP contribution >= 0.6 is 23.5 Å². The largest absolute Gasteiger partial charge is 0.274 e. The Morgan fingerprint density at radius 2 is 1.08 bits per heavy atom. The SMILES string of the molecule is c1ccc([C@@H]2CSC(CCC3=N[C@H](c4ccccc4)CS3)=N2)cc1. The summed E-state index contributed by atoms with van der Waals surface area (Å²) < 4.78 is 0. The van der Waals surface area contributed by atoms with Crippen molar-refractivity contribution in [2.45, 2.75) is 24.9 Å². The van der Waals surface area contributed by atoms with Crippen LogP contribution in [0.5, 0.6) is 0 Å². The summed E-state index contributed by atoms with van der Waals surface area (Å²) in [7, 11) is 0. The predicted molar refractivity (Wildman–Crippen MR) is 107 cm³/mol. The van der Waals surface area contributed by atoms with Crippen LogP contribution < -0.4 is 0 Å². The van der Waals surface area contributed by atoms with Crippen LogP contribution in [0.15, 0.2) is 70.6 Å². The Morgan fingerprint density at radius 1 is 0.667 bits per heavy atom. The molecule has 0 radical (unpaired) electrons. The fraction of sp³-hybridized carbons (Fsp3) is 0.300. The van der Waals surface area contributed by atoms with Gasteiger partial charge in [0.25, 0.3) is 0 Å². The normalized spacial score (nSPS) is 23.2. The highest BCUT2D eigenvalue weighted by atomic mass is 32.2. The molecule has 0 spiro atoms. The van der Waals surface area contributed by atoms with Gasteiger partial charge in [-0.2, -0.15) is 0 Å². The molecule has 24 heavy (non-hydrogen) atoms. The fourth-order valence-corrected chi connectivity index (χ4v) is 5.16. The molecule has 2 aromatic carbocycles. The van der Waals surface area contributed by atoms with E-state index in [-0.39, 0.29) is 0 Å². The minimum Gasteiger partial charge on any atom is -0.274 e. The van der Waals surface area contributed by atoms with Crippen molar-refractivity contribution in [3.63, 3.8) is 0 Å². The first kappa shape index (κ1) is 16.0. The van der Waals surface area contributed by atoms with Gasteiger partial charge >= 0.3 is 0 Å². The van der Waals surface area contributed by atoms with Crippen molar-refractivity contribution in [3.8, 4) is 0 Å². The summed E-state index contributed by atoms with van der Waals surface area (Å²) in [6.07, 6.45) is 2.06. The summed E-state index contributed by atoms with van der Waals surface area (Å²) >= 11 is 3.82. The van der Waals surface area contributed by atoms with E-state index < -0.39 is 0 Å². The van der Waals surface area contributed by atoms with Crippen molar-refractivity contribution in [2.24, 2.45) is 9.98 Å². The second-order valence-electron chi connectivity index (χ2n) is 6.02. The highest BCUT2D eigenvalue weighted by Gasteiger charge is 2.22. The molecule has 2 nitrogen and oxygen atoms in total. The quantitative estimate of drug-likeness (QED) is 0.706. The van der Waals surface area contributed by atoms with Crippen LogP contribution in [0.1, 0.15) is 36.1 Å². The maximum atomic E-state index is 4.91. The van der Waals surface area contributed by atoms with Gasteiger partial charge in [0.05, 0.1) is 22.2 Å². The standard InChI is InChI=1S/C20H20N2S2/c1-3-7-15(8-4-1)17-13-23-19(21-17)11-12-20-22-18(14-24-20)16-9-5-2-6-10-16/h1-10,17-18H,11-14H2/t17-,18-/m0/s1. The van der Waals surface area contributed by atoms with Crippen molar-refractivity contribution in [1.29, 1.82) is 0 Å². The monoisotopic (exact) mass is 352 g/mol. The third-order valence-corrected chi connectivity index (χ3v) is 6.59. The van der Waals surface area contributed by atoms with Gasteiger partial charge in [0, 0.05) is 24.3 Å². The minimum atomic E-state index is 0.335. The zero-order chi connectivity index (χ0) is 16.2. The number of rotatable bonds is 5. The topological polar surface area (TPSA) is 24.7 Å². The van der Waals surface area contributed by atoms with Gasteiger partial charge in [-0.05, 0) is 11.1 Å². The van der Waals surface area contributed by atoms with Gasteiger partial charge in [-0.1, -0.05) is 60.7 Å². The van der Waals surface area contributed by atoms with Crippen LogP contribution in [0.3, 0.4) is 0 Å². The van der Waals surface area contributed by atoms with Crippen LogP contribution in [0, 0.1) is 0 Å². The van der Waals surface area contributed by atoms with Crippen molar-refractivity contribution >= 4 is 33.6 Å². The lowest BCUT2D eigenvalue weighted by Crippen LogP contribution is -1.95. The van der Waals surface area contributed by atoms with E-state index in [1.807, 2.05) is 23.5 Å². The molecule has 4 heteroatoms. The van der Waals surface area contributed by atoms with Gasteiger partial charge in [-0.25, -0.2) is 0 Å². The first-order chi connectivity index (χ1) is 11.9. The zero-order valence-electron chi connectivity index (χ0n) is 13.5. The Hall–Kier alpha value is -1.52. The third-order valence-electron chi connectivity index (χ3n) is 4.34. The molecule has 0 saturated heterocycles. The second-order valence-corrected chi connectivity index (χ2v) is 8.21. The molecule has 2 aromatic rings. The van der Waals surface area contributed by atoms with Crippen molar-refractivity contribution in [1.82, 2.24) is 0 Å². The number of hydrogen-bond acceptors (Lipinski definition) is 4. The Bertz CT molecular complexity index is 675. The molecular formula is C20H20N2S2. The molecule has 0 bridgehead atoms. The second kappa shape index (κ2) is 7.58. The van der Waals surface area contributed by atoms with Gasteiger partial charge in [0.15, 0.2) is 0 Å². The van der Waals surface area contributed by atoms with Crippen LogP contribution in [0.2, 0.25) is 0 Å². The molecule has 2 aliphatic heterocycles. The number of benzene rings is 2. The van der Waals surface area contributed by atoms with Crippen LogP contribution in [0.4, 0.5) is 0 Å². The van der Waals surface area contributed by atoms with E-state index >= 15 is 0 Å². The molecule has 4 rings (SSSR count). The average molecular weight is 353 g/mol. The molecule has 0 unspecified atom stereocenters. The van der Waals surface area contributed by atoms with E-state index in [9.17, 15) is 0 Å². The molecule has 0 saturated carbocycles. The van der Waals surface area contributed by atoms with E-state index in [1.165, 1.54) is 21.2 Å². The summed E-state index contributed by atoms with van der Waals surface area (Å²) in [5, 5.41) is 2.57. The van der Waals surface area contributed by atoms with Crippen LogP contribution in [0.25, 0.3) is 0 Å². The van der Waals surface area contributed by atoms with Gasteiger partial charge in [0.1, 0.15) is 0 Å². The van der Waals surface area contributed by atoms with Crippen molar-refractivity contribution in [2.75, 3.05) is 11.5 Å². The summed E-state index contributed by atoms with van der Waals surface area (Å²) in [5.41, 5.74) is 2.66. The van der Waals surface area contributed by atoms with Gasteiger partial charge in [-0.3, -0.25) is 9.98 Å². The Balaban J connectivity index is 1.34. The van der Waals surface area contributed by atoms with E-state index in [0.717, 1.165) is 24.3 Å². The first-order valence-corrected chi connectivity index (χ1v) is 10.3. The molecule has 0 amide bonds. The number of hydrogen-bond donors (Lipinski definition) is 0. The number of thioether (sulfide) groups is 2. The number of nitrogens with zero attached hydrogens (tertiary/aromatic N) is 2. The first-order valence-electron chi connectivity index (χ1n) is 8.37. The van der Waals surface area contributed by atoms with Crippen molar-refractivity contribution < 1.29 is 0 Å². The summed E-state index contributed by atoms with van der Waals surface area (Å²) in [5.74, 6) is 2.15. The van der Waals surface area contributed by atoms with Crippen LogP contribution in [-0.4, -0.2) is 21.6 Å². The lowest BCUT2D eigenvalue weighted by atomic mass is 10.1. The molecule has 0 aliphatic carbocycles. The maximum absolute atomic E-state index is 4.91. The van der Waals surface area contributed by atoms with E-state index in [2.05, 4.69) is 60.7 Å². The summed E-state index contributed by atoms with van der Waals surface area (Å²) in [6, 6.07) is 21.9. The number of aliphatic imine (C=N–C) groups is 2. The highest BCUT2D eigenvalue weighted by Crippen LogP contribution is 2.35. The lowest BCUT2D eigenvalue weighted by molar-refractivity contribution is 0.841. The smallest absolute Gasteiger partial charge is 0.0852 e.